The Balaban J connectivity index is 2.02. The number of nitrogens with one attached hydrogen (secondary N) is 1. The van der Waals surface area contributed by atoms with Gasteiger partial charge < -0.3 is 11.1 Å². The number of benzene rings is 1. The van der Waals surface area contributed by atoms with Gasteiger partial charge in [-0.3, -0.25) is 4.79 Å². The summed E-state index contributed by atoms with van der Waals surface area (Å²) in [7, 11) is 0. The summed E-state index contributed by atoms with van der Waals surface area (Å²) >= 11 is 3.54. The van der Waals surface area contributed by atoms with Gasteiger partial charge in [0.25, 0.3) is 0 Å². The van der Waals surface area contributed by atoms with Gasteiger partial charge in [-0.1, -0.05) is 47.0 Å². The fourth-order valence-electron chi connectivity index (χ4n) is 3.06. The molecule has 4 heteroatoms. The van der Waals surface area contributed by atoms with Gasteiger partial charge >= 0.3 is 0 Å². The van der Waals surface area contributed by atoms with Crippen LogP contribution in [0, 0.1) is 11.8 Å². The zero-order valence-corrected chi connectivity index (χ0v) is 13.5. The first-order valence-electron chi connectivity index (χ1n) is 7.38. The summed E-state index contributed by atoms with van der Waals surface area (Å²) in [5.74, 6) is 0.581. The van der Waals surface area contributed by atoms with Crippen LogP contribution in [0.25, 0.3) is 0 Å². The molecule has 1 aliphatic carbocycles. The van der Waals surface area contributed by atoms with E-state index in [0.29, 0.717) is 12.5 Å². The highest BCUT2D eigenvalue weighted by molar-refractivity contribution is 9.10. The first-order valence-corrected chi connectivity index (χ1v) is 8.17. The monoisotopic (exact) mass is 338 g/mol. The lowest BCUT2D eigenvalue weighted by Crippen LogP contribution is -2.40. The second-order valence-electron chi connectivity index (χ2n) is 5.64. The van der Waals surface area contributed by atoms with Gasteiger partial charge in [0.1, 0.15) is 0 Å². The molecule has 2 rings (SSSR count). The van der Waals surface area contributed by atoms with E-state index in [1.54, 1.807) is 0 Å². The fourth-order valence-corrected chi connectivity index (χ4v) is 3.69. The maximum Gasteiger partial charge on any atom is 0.223 e. The Bertz CT molecular complexity index is 464. The molecule has 0 aliphatic heterocycles. The van der Waals surface area contributed by atoms with Crippen LogP contribution in [0.2, 0.25) is 0 Å². The normalized spacial score (nSPS) is 24.1. The molecule has 1 aromatic rings. The lowest BCUT2D eigenvalue weighted by Gasteiger charge is -2.30. The molecule has 3 atom stereocenters. The minimum Gasteiger partial charge on any atom is -0.349 e. The molecular formula is C16H23BrN2O. The Morgan fingerprint density at radius 3 is 2.80 bits per heavy atom. The maximum absolute atomic E-state index is 12.5. The highest BCUT2D eigenvalue weighted by Gasteiger charge is 2.30. The minimum absolute atomic E-state index is 0.0124. The van der Waals surface area contributed by atoms with Crippen molar-refractivity contribution in [3.8, 4) is 0 Å². The van der Waals surface area contributed by atoms with Crippen molar-refractivity contribution in [2.45, 2.75) is 38.6 Å². The first kappa shape index (κ1) is 15.5. The molecule has 1 amide bonds. The van der Waals surface area contributed by atoms with Crippen molar-refractivity contribution in [1.82, 2.24) is 5.32 Å². The summed E-state index contributed by atoms with van der Waals surface area (Å²) in [6.45, 7) is 2.64. The molecule has 3 N–H and O–H groups in total. The Morgan fingerprint density at radius 2 is 2.10 bits per heavy atom. The van der Waals surface area contributed by atoms with E-state index in [1.165, 1.54) is 6.42 Å². The molecule has 0 saturated heterocycles. The van der Waals surface area contributed by atoms with Gasteiger partial charge in [-0.05, 0) is 43.9 Å². The topological polar surface area (TPSA) is 55.1 Å². The zero-order valence-electron chi connectivity index (χ0n) is 11.9. The third-order valence-electron chi connectivity index (χ3n) is 4.28. The quantitative estimate of drug-likeness (QED) is 0.883. The first-order chi connectivity index (χ1) is 9.63. The largest absolute Gasteiger partial charge is 0.349 e. The highest BCUT2D eigenvalue weighted by atomic mass is 79.9. The third kappa shape index (κ3) is 3.61. The molecule has 1 aromatic carbocycles. The average molecular weight is 339 g/mol. The van der Waals surface area contributed by atoms with Gasteiger partial charge in [0, 0.05) is 10.4 Å². The number of hydrogen-bond donors (Lipinski definition) is 2. The van der Waals surface area contributed by atoms with Crippen LogP contribution in [0.3, 0.4) is 0 Å². The van der Waals surface area contributed by atoms with Gasteiger partial charge in [0.15, 0.2) is 0 Å². The summed E-state index contributed by atoms with van der Waals surface area (Å²) in [6.07, 6.45) is 4.39. The SMILES string of the molecule is C[C@H](NC(=O)C1CCCCC1CN)c1ccccc1Br. The zero-order chi connectivity index (χ0) is 14.5. The predicted octanol–water partition coefficient (Wildman–Crippen LogP) is 3.39. The van der Waals surface area contributed by atoms with Gasteiger partial charge in [-0.25, -0.2) is 0 Å². The van der Waals surface area contributed by atoms with Crippen LogP contribution in [0.5, 0.6) is 0 Å². The van der Waals surface area contributed by atoms with E-state index >= 15 is 0 Å². The number of carbonyl (C=O) groups excluding carboxylic acids is 1. The summed E-state index contributed by atoms with van der Waals surface area (Å²) in [5.41, 5.74) is 6.92. The van der Waals surface area contributed by atoms with Gasteiger partial charge in [-0.15, -0.1) is 0 Å². The van der Waals surface area contributed by atoms with Crippen molar-refractivity contribution in [2.75, 3.05) is 6.54 Å². The van der Waals surface area contributed by atoms with Crippen molar-refractivity contribution in [3.63, 3.8) is 0 Å². The van der Waals surface area contributed by atoms with Crippen molar-refractivity contribution in [3.05, 3.63) is 34.3 Å². The van der Waals surface area contributed by atoms with Crippen LogP contribution in [0.15, 0.2) is 28.7 Å². The molecule has 0 aromatic heterocycles. The smallest absolute Gasteiger partial charge is 0.223 e. The van der Waals surface area contributed by atoms with Crippen molar-refractivity contribution < 1.29 is 4.79 Å². The lowest BCUT2D eigenvalue weighted by atomic mass is 9.78. The molecule has 20 heavy (non-hydrogen) atoms. The number of carbonyl (C=O) groups is 1. The fraction of sp³-hybridized carbons (Fsp3) is 0.562. The summed E-state index contributed by atoms with van der Waals surface area (Å²) in [6, 6.07) is 8.02. The molecule has 0 spiro atoms. The van der Waals surface area contributed by atoms with E-state index in [0.717, 1.165) is 29.3 Å². The van der Waals surface area contributed by atoms with Gasteiger partial charge in [0.05, 0.1) is 6.04 Å². The van der Waals surface area contributed by atoms with Crippen molar-refractivity contribution in [1.29, 1.82) is 0 Å². The minimum atomic E-state index is 0.0124. The van der Waals surface area contributed by atoms with Crippen molar-refractivity contribution >= 4 is 21.8 Å². The number of amides is 1. The van der Waals surface area contributed by atoms with Crippen LogP contribution in [-0.4, -0.2) is 12.5 Å². The summed E-state index contributed by atoms with van der Waals surface area (Å²) < 4.78 is 1.03. The molecule has 0 heterocycles. The number of nitrogens with two attached hydrogens (primary N) is 1. The Hall–Kier alpha value is -0.870. The summed E-state index contributed by atoms with van der Waals surface area (Å²) in [5, 5.41) is 3.15. The van der Waals surface area contributed by atoms with E-state index in [-0.39, 0.29) is 17.9 Å². The maximum atomic E-state index is 12.5. The third-order valence-corrected chi connectivity index (χ3v) is 5.00. The van der Waals surface area contributed by atoms with Crippen LogP contribution < -0.4 is 11.1 Å². The van der Waals surface area contributed by atoms with Gasteiger partial charge in [-0.2, -0.15) is 0 Å². The molecule has 2 unspecified atom stereocenters. The highest BCUT2D eigenvalue weighted by Crippen LogP contribution is 2.30. The number of rotatable bonds is 4. The average Bonchev–Trinajstić information content (AvgIpc) is 2.47. The predicted molar refractivity (Wildman–Crippen MR) is 85.2 cm³/mol. The lowest BCUT2D eigenvalue weighted by molar-refractivity contribution is -0.128. The molecule has 3 nitrogen and oxygen atoms in total. The van der Waals surface area contributed by atoms with E-state index < -0.39 is 0 Å². The Kier molecular flexibility index (Phi) is 5.61. The molecule has 110 valence electrons. The number of halogens is 1. The Labute approximate surface area is 129 Å². The van der Waals surface area contributed by atoms with E-state index in [9.17, 15) is 4.79 Å². The van der Waals surface area contributed by atoms with Crippen LogP contribution in [-0.2, 0) is 4.79 Å². The number of hydrogen-bond acceptors (Lipinski definition) is 2. The molecule has 0 radical (unpaired) electrons. The molecule has 0 bridgehead atoms. The van der Waals surface area contributed by atoms with E-state index in [1.807, 2.05) is 31.2 Å². The summed E-state index contributed by atoms with van der Waals surface area (Å²) in [4.78, 5) is 12.5. The van der Waals surface area contributed by atoms with E-state index in [2.05, 4.69) is 21.2 Å². The second kappa shape index (κ2) is 7.23. The molecule has 1 saturated carbocycles. The van der Waals surface area contributed by atoms with Crippen molar-refractivity contribution in [2.24, 2.45) is 17.6 Å². The van der Waals surface area contributed by atoms with Crippen LogP contribution >= 0.6 is 15.9 Å². The second-order valence-corrected chi connectivity index (χ2v) is 6.49. The molecule has 1 fully saturated rings. The van der Waals surface area contributed by atoms with Crippen LogP contribution in [0.1, 0.15) is 44.2 Å². The van der Waals surface area contributed by atoms with Crippen LogP contribution in [0.4, 0.5) is 0 Å². The molecule has 1 aliphatic rings. The Morgan fingerprint density at radius 1 is 1.40 bits per heavy atom. The van der Waals surface area contributed by atoms with Gasteiger partial charge in [0.2, 0.25) is 5.91 Å². The standard InChI is InChI=1S/C16H23BrN2O/c1-11(13-7-4-5-9-15(13)17)19-16(20)14-8-3-2-6-12(14)10-18/h4-5,7,9,11-12,14H,2-3,6,8,10,18H2,1H3,(H,19,20)/t11-,12?,14?/m0/s1. The molecular weight excluding hydrogens is 316 g/mol. The van der Waals surface area contributed by atoms with E-state index in [4.69, 9.17) is 5.73 Å².